The predicted octanol–water partition coefficient (Wildman–Crippen LogP) is 2.73. The molecule has 6 N–H and O–H groups in total. The quantitative estimate of drug-likeness (QED) is 0.382. The molecular formula is C22H23F3N4O4. The minimum atomic E-state index is -5.08. The Morgan fingerprint density at radius 1 is 1.09 bits per heavy atom. The molecule has 8 nitrogen and oxygen atoms in total. The fourth-order valence-electron chi connectivity index (χ4n) is 2.79. The molecule has 0 spiro atoms. The van der Waals surface area contributed by atoms with E-state index in [1.165, 1.54) is 0 Å². The number of hydrogen-bond acceptors (Lipinski definition) is 4. The number of amides is 2. The number of aromatic amines is 1. The molecule has 2 aromatic carbocycles. The summed E-state index contributed by atoms with van der Waals surface area (Å²) < 4.78 is 31.7. The average molecular weight is 464 g/mol. The number of aryl methyl sites for hydroxylation is 1. The topological polar surface area (TPSA) is 137 Å². The summed E-state index contributed by atoms with van der Waals surface area (Å²) >= 11 is 0. The lowest BCUT2D eigenvalue weighted by atomic mass is 10.1. The maximum absolute atomic E-state index is 12.4. The molecule has 0 bridgehead atoms. The highest BCUT2D eigenvalue weighted by molar-refractivity contribution is 5.98. The summed E-state index contributed by atoms with van der Waals surface area (Å²) in [5, 5.41) is 13.6. The van der Waals surface area contributed by atoms with Gasteiger partial charge in [0.05, 0.1) is 6.42 Å². The van der Waals surface area contributed by atoms with Crippen LogP contribution in [0.5, 0.6) is 0 Å². The van der Waals surface area contributed by atoms with Crippen LogP contribution in [0.2, 0.25) is 0 Å². The van der Waals surface area contributed by atoms with Gasteiger partial charge < -0.3 is 26.5 Å². The summed E-state index contributed by atoms with van der Waals surface area (Å²) in [5.74, 6) is -3.33. The molecule has 0 saturated carbocycles. The molecule has 11 heteroatoms. The Kier molecular flexibility index (Phi) is 8.57. The van der Waals surface area contributed by atoms with Crippen molar-refractivity contribution in [3.05, 3.63) is 65.9 Å². The highest BCUT2D eigenvalue weighted by Gasteiger charge is 2.38. The lowest BCUT2D eigenvalue weighted by molar-refractivity contribution is -0.192. The van der Waals surface area contributed by atoms with Gasteiger partial charge in [-0.05, 0) is 30.7 Å². The van der Waals surface area contributed by atoms with E-state index in [-0.39, 0.29) is 24.8 Å². The number of nitrogens with one attached hydrogen (secondary N) is 3. The van der Waals surface area contributed by atoms with Gasteiger partial charge in [0.1, 0.15) is 6.04 Å². The van der Waals surface area contributed by atoms with Crippen LogP contribution < -0.4 is 16.4 Å². The molecular weight excluding hydrogens is 441 g/mol. The van der Waals surface area contributed by atoms with Crippen molar-refractivity contribution >= 4 is 34.4 Å². The van der Waals surface area contributed by atoms with E-state index >= 15 is 0 Å². The number of carboxylic acids is 1. The SMILES string of the molecule is Cc1ccc(NC(=O)[C@H](CN)NC(=O)Cc2c[nH]c3ccccc23)cc1.O=C(O)C(F)(F)F. The van der Waals surface area contributed by atoms with Crippen molar-refractivity contribution in [2.24, 2.45) is 5.73 Å². The van der Waals surface area contributed by atoms with E-state index in [1.807, 2.05) is 61.7 Å². The third-order valence-electron chi connectivity index (χ3n) is 4.47. The number of H-pyrrole nitrogens is 1. The monoisotopic (exact) mass is 464 g/mol. The number of carbonyl (C=O) groups is 3. The van der Waals surface area contributed by atoms with E-state index in [4.69, 9.17) is 15.6 Å². The van der Waals surface area contributed by atoms with Crippen molar-refractivity contribution in [3.8, 4) is 0 Å². The Balaban J connectivity index is 0.000000479. The van der Waals surface area contributed by atoms with Crippen molar-refractivity contribution in [2.45, 2.75) is 25.6 Å². The van der Waals surface area contributed by atoms with Crippen LogP contribution in [0.1, 0.15) is 11.1 Å². The second kappa shape index (κ2) is 11.1. The number of carboxylic acid groups (broad SMARTS) is 1. The van der Waals surface area contributed by atoms with Crippen LogP contribution in [0.3, 0.4) is 0 Å². The van der Waals surface area contributed by atoms with E-state index in [0.29, 0.717) is 5.69 Å². The summed E-state index contributed by atoms with van der Waals surface area (Å²) in [6.07, 6.45) is -3.09. The number of halogens is 3. The van der Waals surface area contributed by atoms with Crippen LogP contribution in [-0.4, -0.2) is 46.6 Å². The molecule has 1 heterocycles. The molecule has 0 radical (unpaired) electrons. The fourth-order valence-corrected chi connectivity index (χ4v) is 2.79. The van der Waals surface area contributed by atoms with E-state index in [0.717, 1.165) is 22.0 Å². The van der Waals surface area contributed by atoms with Crippen LogP contribution in [0, 0.1) is 6.92 Å². The number of carbonyl (C=O) groups excluding carboxylic acids is 2. The standard InChI is InChI=1S/C20H22N4O2.C2HF3O2/c1-13-6-8-15(9-7-13)23-20(26)18(11-21)24-19(25)10-14-12-22-17-5-3-2-4-16(14)17;3-2(4,5)1(6)7/h2-9,12,18,22H,10-11,21H2,1H3,(H,23,26)(H,24,25);(H,6,7)/t18-;/m0./s1. The second-order valence-corrected chi connectivity index (χ2v) is 7.05. The number of rotatable bonds is 6. The number of fused-ring (bicyclic) bond motifs is 1. The first-order chi connectivity index (χ1) is 15.5. The van der Waals surface area contributed by atoms with Crippen molar-refractivity contribution < 1.29 is 32.7 Å². The van der Waals surface area contributed by atoms with Gasteiger partial charge in [0.2, 0.25) is 11.8 Å². The number of benzene rings is 2. The zero-order chi connectivity index (χ0) is 24.6. The van der Waals surface area contributed by atoms with E-state index < -0.39 is 18.2 Å². The van der Waals surface area contributed by atoms with E-state index in [2.05, 4.69) is 15.6 Å². The largest absolute Gasteiger partial charge is 0.490 e. The van der Waals surface area contributed by atoms with E-state index in [1.54, 1.807) is 0 Å². The molecule has 33 heavy (non-hydrogen) atoms. The number of aromatic nitrogens is 1. The van der Waals surface area contributed by atoms with Crippen LogP contribution in [-0.2, 0) is 20.8 Å². The molecule has 0 aliphatic rings. The summed E-state index contributed by atoms with van der Waals surface area (Å²) in [6, 6.07) is 14.4. The maximum atomic E-state index is 12.4. The average Bonchev–Trinajstić information content (AvgIpc) is 3.16. The van der Waals surface area contributed by atoms with Gasteiger partial charge in [0.15, 0.2) is 0 Å². The first-order valence-electron chi connectivity index (χ1n) is 9.73. The first kappa shape index (κ1) is 25.4. The minimum absolute atomic E-state index is 0.0251. The zero-order valence-electron chi connectivity index (χ0n) is 17.6. The third-order valence-corrected chi connectivity index (χ3v) is 4.47. The van der Waals surface area contributed by atoms with Gasteiger partial charge in [-0.1, -0.05) is 35.9 Å². The molecule has 0 saturated heterocycles. The normalized spacial score (nSPS) is 11.8. The highest BCUT2D eigenvalue weighted by atomic mass is 19.4. The maximum Gasteiger partial charge on any atom is 0.490 e. The molecule has 0 unspecified atom stereocenters. The molecule has 3 rings (SSSR count). The Labute approximate surface area is 187 Å². The van der Waals surface area contributed by atoms with Crippen molar-refractivity contribution in [2.75, 3.05) is 11.9 Å². The molecule has 0 fully saturated rings. The molecule has 2 amide bonds. The predicted molar refractivity (Wildman–Crippen MR) is 116 cm³/mol. The molecule has 176 valence electrons. The number of para-hydroxylation sites is 1. The third kappa shape index (κ3) is 7.65. The van der Waals surface area contributed by atoms with Crippen molar-refractivity contribution in [1.82, 2.24) is 10.3 Å². The smallest absolute Gasteiger partial charge is 0.475 e. The van der Waals surface area contributed by atoms with Gasteiger partial charge in [-0.3, -0.25) is 9.59 Å². The van der Waals surface area contributed by atoms with Crippen LogP contribution in [0.25, 0.3) is 10.9 Å². The van der Waals surface area contributed by atoms with Crippen LogP contribution in [0.15, 0.2) is 54.7 Å². The highest BCUT2D eigenvalue weighted by Crippen LogP contribution is 2.18. The first-order valence-corrected chi connectivity index (χ1v) is 9.73. The minimum Gasteiger partial charge on any atom is -0.475 e. The lowest BCUT2D eigenvalue weighted by Crippen LogP contribution is -2.48. The summed E-state index contributed by atoms with van der Waals surface area (Å²) in [5.41, 5.74) is 9.31. The fraction of sp³-hybridized carbons (Fsp3) is 0.227. The Morgan fingerprint density at radius 2 is 1.70 bits per heavy atom. The van der Waals surface area contributed by atoms with Gasteiger partial charge in [0, 0.05) is 29.3 Å². The Morgan fingerprint density at radius 3 is 2.27 bits per heavy atom. The van der Waals surface area contributed by atoms with Gasteiger partial charge in [-0.25, -0.2) is 4.79 Å². The van der Waals surface area contributed by atoms with E-state index in [9.17, 15) is 22.8 Å². The number of hydrogen-bond donors (Lipinski definition) is 5. The molecule has 1 atom stereocenters. The molecule has 0 aliphatic carbocycles. The van der Waals surface area contributed by atoms with Crippen LogP contribution >= 0.6 is 0 Å². The Hall–Kier alpha value is -3.86. The summed E-state index contributed by atoms with van der Waals surface area (Å²) in [4.78, 5) is 36.8. The van der Waals surface area contributed by atoms with Crippen molar-refractivity contribution in [1.29, 1.82) is 0 Å². The van der Waals surface area contributed by atoms with Crippen LogP contribution in [0.4, 0.5) is 18.9 Å². The van der Waals surface area contributed by atoms with Gasteiger partial charge in [-0.15, -0.1) is 0 Å². The molecule has 3 aromatic rings. The van der Waals surface area contributed by atoms with Gasteiger partial charge >= 0.3 is 12.1 Å². The van der Waals surface area contributed by atoms with Crippen molar-refractivity contribution in [3.63, 3.8) is 0 Å². The number of nitrogens with two attached hydrogens (primary N) is 1. The zero-order valence-corrected chi connectivity index (χ0v) is 17.6. The molecule has 0 aliphatic heterocycles. The number of anilines is 1. The summed E-state index contributed by atoms with van der Waals surface area (Å²) in [6.45, 7) is 2.00. The second-order valence-electron chi connectivity index (χ2n) is 7.05. The number of aliphatic carboxylic acids is 1. The van der Waals surface area contributed by atoms with Gasteiger partial charge in [-0.2, -0.15) is 13.2 Å². The summed E-state index contributed by atoms with van der Waals surface area (Å²) in [7, 11) is 0. The Bertz CT molecular complexity index is 1110. The number of alkyl halides is 3. The van der Waals surface area contributed by atoms with Gasteiger partial charge in [0.25, 0.3) is 0 Å². The molecule has 1 aromatic heterocycles. The lowest BCUT2D eigenvalue weighted by Gasteiger charge is -2.16.